The lowest BCUT2D eigenvalue weighted by molar-refractivity contribution is 1.11. The van der Waals surface area contributed by atoms with Gasteiger partial charge in [0.25, 0.3) is 0 Å². The number of rotatable bonds is 4. The highest BCUT2D eigenvalue weighted by atomic mass is 14.9. The topological polar surface area (TPSA) is 50.9 Å². The van der Waals surface area contributed by atoms with E-state index in [1.807, 2.05) is 0 Å². The molecular weight excluding hydrogens is 222 g/mol. The van der Waals surface area contributed by atoms with Crippen LogP contribution in [0.1, 0.15) is 31.9 Å². The molecule has 0 aliphatic heterocycles. The molecule has 18 heavy (non-hydrogen) atoms. The number of hydrogen-bond acceptors (Lipinski definition) is 3. The minimum Gasteiger partial charge on any atom is -0.396 e. The van der Waals surface area contributed by atoms with Crippen LogP contribution in [0.5, 0.6) is 0 Å². The van der Waals surface area contributed by atoms with Gasteiger partial charge in [-0.3, -0.25) is 4.98 Å². The number of benzene rings is 1. The summed E-state index contributed by atoms with van der Waals surface area (Å²) in [4.78, 5) is 4.54. The first kappa shape index (κ1) is 12.7. The molecule has 0 saturated carbocycles. The standard InChI is InChI=1S/C15H21N3/c1-4-10-7-8-11(5-2)14-13(10)15(17-6-3)12(16)9-18-14/h7-9H,4-6,16H2,1-3H3,(H,17,18). The average Bonchev–Trinajstić information content (AvgIpc) is 2.40. The predicted molar refractivity (Wildman–Crippen MR) is 79.1 cm³/mol. The van der Waals surface area contributed by atoms with Crippen molar-refractivity contribution >= 4 is 22.3 Å². The minimum absolute atomic E-state index is 0.729. The second kappa shape index (κ2) is 5.25. The molecule has 0 atom stereocenters. The second-order valence-corrected chi connectivity index (χ2v) is 4.43. The molecule has 0 spiro atoms. The molecule has 0 fully saturated rings. The number of anilines is 2. The molecule has 3 N–H and O–H groups in total. The Bertz CT molecular complexity index is 561. The highest BCUT2D eigenvalue weighted by Gasteiger charge is 2.12. The van der Waals surface area contributed by atoms with Crippen molar-refractivity contribution in [3.05, 3.63) is 29.5 Å². The first-order valence-electron chi connectivity index (χ1n) is 6.65. The van der Waals surface area contributed by atoms with E-state index in [-0.39, 0.29) is 0 Å². The summed E-state index contributed by atoms with van der Waals surface area (Å²) in [5.41, 5.74) is 11.5. The predicted octanol–water partition coefficient (Wildman–Crippen LogP) is 3.37. The van der Waals surface area contributed by atoms with Gasteiger partial charge in [-0.2, -0.15) is 0 Å². The van der Waals surface area contributed by atoms with Crippen molar-refractivity contribution in [2.45, 2.75) is 33.6 Å². The Morgan fingerprint density at radius 1 is 1.11 bits per heavy atom. The molecule has 0 unspecified atom stereocenters. The van der Waals surface area contributed by atoms with Crippen molar-refractivity contribution in [2.24, 2.45) is 0 Å². The Hall–Kier alpha value is -1.77. The second-order valence-electron chi connectivity index (χ2n) is 4.43. The molecule has 1 aromatic carbocycles. The Morgan fingerprint density at radius 3 is 2.39 bits per heavy atom. The van der Waals surface area contributed by atoms with Gasteiger partial charge in [0.2, 0.25) is 0 Å². The molecule has 3 nitrogen and oxygen atoms in total. The van der Waals surface area contributed by atoms with Crippen LogP contribution in [0.15, 0.2) is 18.3 Å². The van der Waals surface area contributed by atoms with Gasteiger partial charge in [-0.25, -0.2) is 0 Å². The maximum Gasteiger partial charge on any atom is 0.0759 e. The van der Waals surface area contributed by atoms with Crippen LogP contribution in [-0.4, -0.2) is 11.5 Å². The molecule has 0 radical (unpaired) electrons. The third-order valence-electron chi connectivity index (χ3n) is 3.33. The molecule has 2 rings (SSSR count). The number of nitrogens with two attached hydrogens (primary N) is 1. The monoisotopic (exact) mass is 243 g/mol. The molecule has 3 heteroatoms. The van der Waals surface area contributed by atoms with Crippen LogP contribution in [0.25, 0.3) is 10.9 Å². The van der Waals surface area contributed by atoms with E-state index < -0.39 is 0 Å². The van der Waals surface area contributed by atoms with Gasteiger partial charge in [0.1, 0.15) is 0 Å². The van der Waals surface area contributed by atoms with Gasteiger partial charge in [-0.05, 0) is 30.9 Å². The van der Waals surface area contributed by atoms with Gasteiger partial charge >= 0.3 is 0 Å². The number of pyridine rings is 1. The molecular formula is C15H21N3. The molecule has 2 aromatic rings. The van der Waals surface area contributed by atoms with E-state index >= 15 is 0 Å². The smallest absolute Gasteiger partial charge is 0.0759 e. The van der Waals surface area contributed by atoms with Crippen LogP contribution in [0.3, 0.4) is 0 Å². The quantitative estimate of drug-likeness (QED) is 0.865. The number of nitrogen functional groups attached to an aromatic ring is 1. The summed E-state index contributed by atoms with van der Waals surface area (Å²) in [7, 11) is 0. The Kier molecular flexibility index (Phi) is 3.70. The summed E-state index contributed by atoms with van der Waals surface area (Å²) in [6, 6.07) is 4.38. The van der Waals surface area contributed by atoms with Gasteiger partial charge in [0.05, 0.1) is 23.1 Å². The largest absolute Gasteiger partial charge is 0.396 e. The third-order valence-corrected chi connectivity index (χ3v) is 3.33. The first-order chi connectivity index (χ1) is 8.72. The van der Waals surface area contributed by atoms with Crippen molar-refractivity contribution in [3.63, 3.8) is 0 Å². The number of aryl methyl sites for hydroxylation is 2. The Labute approximate surface area is 108 Å². The number of aromatic nitrogens is 1. The van der Waals surface area contributed by atoms with Gasteiger partial charge in [0, 0.05) is 11.9 Å². The van der Waals surface area contributed by atoms with Crippen LogP contribution in [0.2, 0.25) is 0 Å². The molecule has 0 aliphatic carbocycles. The molecule has 1 aromatic heterocycles. The van der Waals surface area contributed by atoms with E-state index in [2.05, 4.69) is 43.2 Å². The minimum atomic E-state index is 0.729. The van der Waals surface area contributed by atoms with Crippen molar-refractivity contribution in [1.82, 2.24) is 4.98 Å². The van der Waals surface area contributed by atoms with Crippen LogP contribution in [0, 0.1) is 0 Å². The lowest BCUT2D eigenvalue weighted by Crippen LogP contribution is -2.05. The van der Waals surface area contributed by atoms with Crippen LogP contribution in [0.4, 0.5) is 11.4 Å². The van der Waals surface area contributed by atoms with Crippen LogP contribution in [-0.2, 0) is 12.8 Å². The maximum absolute atomic E-state index is 6.06. The van der Waals surface area contributed by atoms with Gasteiger partial charge in [-0.1, -0.05) is 26.0 Å². The Balaban J connectivity index is 2.83. The summed E-state index contributed by atoms with van der Waals surface area (Å²) in [5, 5.41) is 4.57. The maximum atomic E-state index is 6.06. The SMILES string of the molecule is CCNc1c(N)cnc2c(CC)ccc(CC)c12. The zero-order valence-electron chi connectivity index (χ0n) is 11.4. The van der Waals surface area contributed by atoms with Crippen molar-refractivity contribution < 1.29 is 0 Å². The fraction of sp³-hybridized carbons (Fsp3) is 0.400. The van der Waals surface area contributed by atoms with Crippen molar-refractivity contribution in [2.75, 3.05) is 17.6 Å². The van der Waals surface area contributed by atoms with Gasteiger partial charge in [0.15, 0.2) is 0 Å². The van der Waals surface area contributed by atoms with E-state index in [0.29, 0.717) is 0 Å². The number of nitrogens with one attached hydrogen (secondary N) is 1. The van der Waals surface area contributed by atoms with Crippen molar-refractivity contribution in [1.29, 1.82) is 0 Å². The summed E-state index contributed by atoms with van der Waals surface area (Å²) >= 11 is 0. The highest BCUT2D eigenvalue weighted by molar-refractivity contribution is 6.00. The Morgan fingerprint density at radius 2 is 1.78 bits per heavy atom. The molecule has 0 amide bonds. The summed E-state index contributed by atoms with van der Waals surface area (Å²) in [5.74, 6) is 0. The molecule has 96 valence electrons. The van der Waals surface area contributed by atoms with E-state index in [9.17, 15) is 0 Å². The molecule has 0 saturated heterocycles. The normalized spacial score (nSPS) is 10.8. The van der Waals surface area contributed by atoms with Crippen LogP contribution < -0.4 is 11.1 Å². The van der Waals surface area contributed by atoms with Gasteiger partial charge in [-0.15, -0.1) is 0 Å². The number of nitrogens with zero attached hydrogens (tertiary/aromatic N) is 1. The van der Waals surface area contributed by atoms with E-state index in [1.165, 1.54) is 16.5 Å². The zero-order valence-corrected chi connectivity index (χ0v) is 11.4. The molecule has 0 aliphatic rings. The number of hydrogen-bond donors (Lipinski definition) is 2. The fourth-order valence-corrected chi connectivity index (χ4v) is 2.39. The molecule has 1 heterocycles. The van der Waals surface area contributed by atoms with E-state index in [0.717, 1.165) is 36.3 Å². The van der Waals surface area contributed by atoms with E-state index in [1.54, 1.807) is 6.20 Å². The fourth-order valence-electron chi connectivity index (χ4n) is 2.39. The lowest BCUT2D eigenvalue weighted by Gasteiger charge is -2.15. The van der Waals surface area contributed by atoms with Crippen molar-refractivity contribution in [3.8, 4) is 0 Å². The summed E-state index contributed by atoms with van der Waals surface area (Å²) in [6.45, 7) is 7.27. The highest BCUT2D eigenvalue weighted by Crippen LogP contribution is 2.33. The average molecular weight is 243 g/mol. The van der Waals surface area contributed by atoms with E-state index in [4.69, 9.17) is 5.73 Å². The summed E-state index contributed by atoms with van der Waals surface area (Å²) < 4.78 is 0. The number of fused-ring (bicyclic) bond motifs is 1. The summed E-state index contributed by atoms with van der Waals surface area (Å²) in [6.07, 6.45) is 3.74. The van der Waals surface area contributed by atoms with Gasteiger partial charge < -0.3 is 11.1 Å². The third kappa shape index (κ3) is 2.01. The first-order valence-corrected chi connectivity index (χ1v) is 6.65. The van der Waals surface area contributed by atoms with Crippen LogP contribution >= 0.6 is 0 Å². The lowest BCUT2D eigenvalue weighted by atomic mass is 9.99. The molecule has 0 bridgehead atoms. The zero-order chi connectivity index (χ0) is 13.1.